The Morgan fingerprint density at radius 2 is 1.86 bits per heavy atom. The van der Waals surface area contributed by atoms with E-state index in [0.717, 1.165) is 43.2 Å². The number of rotatable bonds is 6. The first-order valence-corrected chi connectivity index (χ1v) is 11.7. The van der Waals surface area contributed by atoms with Crippen molar-refractivity contribution in [3.8, 4) is 0 Å². The Balaban J connectivity index is 1.84. The summed E-state index contributed by atoms with van der Waals surface area (Å²) in [6, 6.07) is 10.5. The van der Waals surface area contributed by atoms with Crippen molar-refractivity contribution >= 4 is 48.9 Å². The van der Waals surface area contributed by atoms with Crippen molar-refractivity contribution in [1.29, 1.82) is 0 Å². The van der Waals surface area contributed by atoms with E-state index >= 15 is 0 Å². The van der Waals surface area contributed by atoms with Crippen LogP contribution in [0.25, 0.3) is 10.2 Å². The molecule has 1 aromatic heterocycles. The highest BCUT2D eigenvalue weighted by Crippen LogP contribution is 2.23. The zero-order valence-corrected chi connectivity index (χ0v) is 18.4. The van der Waals surface area contributed by atoms with Crippen molar-refractivity contribution in [2.75, 3.05) is 22.4 Å². The maximum atomic E-state index is 12.6. The van der Waals surface area contributed by atoms with Crippen LogP contribution in [0, 0.1) is 13.8 Å². The Kier molecular flexibility index (Phi) is 5.81. The first kappa shape index (κ1) is 21.1. The lowest BCUT2D eigenvalue weighted by Gasteiger charge is -2.22. The molecule has 154 valence electrons. The maximum Gasteiger partial charge on any atom is 0.308 e. The van der Waals surface area contributed by atoms with Crippen LogP contribution in [0.5, 0.6) is 0 Å². The van der Waals surface area contributed by atoms with E-state index in [1.807, 2.05) is 26.8 Å². The van der Waals surface area contributed by atoms with Crippen molar-refractivity contribution in [1.82, 2.24) is 4.57 Å². The molecule has 29 heavy (non-hydrogen) atoms. The average molecular weight is 434 g/mol. The van der Waals surface area contributed by atoms with Gasteiger partial charge in [-0.1, -0.05) is 17.4 Å². The van der Waals surface area contributed by atoms with Crippen LogP contribution in [0.1, 0.15) is 18.1 Å². The van der Waals surface area contributed by atoms with Gasteiger partial charge in [0.1, 0.15) is 6.54 Å². The lowest BCUT2D eigenvalue weighted by Crippen LogP contribution is -2.37. The first-order chi connectivity index (χ1) is 13.6. The number of aryl methyl sites for hydroxylation is 3. The van der Waals surface area contributed by atoms with Gasteiger partial charge >= 0.3 is 4.87 Å². The van der Waals surface area contributed by atoms with Crippen LogP contribution in [0.3, 0.4) is 0 Å². The molecule has 1 amide bonds. The third kappa shape index (κ3) is 4.51. The van der Waals surface area contributed by atoms with Crippen molar-refractivity contribution in [2.24, 2.45) is 0 Å². The number of fused-ring (bicyclic) bond motifs is 1. The second-order valence-corrected chi connectivity index (χ2v) is 9.78. The number of amides is 1. The zero-order chi connectivity index (χ0) is 21.3. The molecule has 0 saturated heterocycles. The number of carbonyl (C=O) groups is 1. The number of sulfonamides is 1. The molecule has 0 aliphatic heterocycles. The Bertz CT molecular complexity index is 1240. The van der Waals surface area contributed by atoms with Gasteiger partial charge in [0.15, 0.2) is 0 Å². The van der Waals surface area contributed by atoms with E-state index in [4.69, 9.17) is 0 Å². The van der Waals surface area contributed by atoms with E-state index in [1.54, 1.807) is 34.9 Å². The lowest BCUT2D eigenvalue weighted by atomic mass is 10.1. The molecule has 0 unspecified atom stereocenters. The minimum absolute atomic E-state index is 0.0519. The Morgan fingerprint density at radius 1 is 1.14 bits per heavy atom. The minimum atomic E-state index is -3.65. The summed E-state index contributed by atoms with van der Waals surface area (Å²) >= 11 is 1.11. The van der Waals surface area contributed by atoms with Crippen molar-refractivity contribution in [3.63, 3.8) is 0 Å². The predicted octanol–water partition coefficient (Wildman–Crippen LogP) is 3.10. The number of aromatic nitrogens is 1. The summed E-state index contributed by atoms with van der Waals surface area (Å²) in [4.78, 5) is 24.5. The van der Waals surface area contributed by atoms with Gasteiger partial charge in [0, 0.05) is 12.2 Å². The van der Waals surface area contributed by atoms with E-state index < -0.39 is 15.9 Å². The molecule has 0 radical (unpaired) electrons. The lowest BCUT2D eigenvalue weighted by molar-refractivity contribution is -0.114. The first-order valence-electron chi connectivity index (χ1n) is 9.08. The maximum absolute atomic E-state index is 12.6. The van der Waals surface area contributed by atoms with Crippen molar-refractivity contribution in [2.45, 2.75) is 27.3 Å². The molecule has 1 heterocycles. The fourth-order valence-corrected chi connectivity index (χ4v) is 4.90. The molecule has 0 saturated carbocycles. The standard InChI is InChI=1S/C20H23N3O4S2/c1-5-22-17-9-7-15(11-18(17)28-20(22)25)21-19(24)12-23(29(4,26)27)16-8-6-13(2)14(3)10-16/h6-11H,5,12H2,1-4H3,(H,21,24). The van der Waals surface area contributed by atoms with Crippen LogP contribution in [0.4, 0.5) is 11.4 Å². The molecule has 0 aliphatic rings. The molecule has 0 fully saturated rings. The fraction of sp³-hybridized carbons (Fsp3) is 0.300. The number of hydrogen-bond donors (Lipinski definition) is 1. The molecule has 3 aromatic rings. The predicted molar refractivity (Wildman–Crippen MR) is 118 cm³/mol. The molecular weight excluding hydrogens is 410 g/mol. The van der Waals surface area contributed by atoms with Gasteiger partial charge in [-0.2, -0.15) is 0 Å². The number of anilines is 2. The van der Waals surface area contributed by atoms with Crippen LogP contribution in [-0.2, 0) is 21.4 Å². The van der Waals surface area contributed by atoms with Crippen molar-refractivity contribution < 1.29 is 13.2 Å². The number of carbonyl (C=O) groups excluding carboxylic acids is 1. The molecule has 3 rings (SSSR count). The summed E-state index contributed by atoms with van der Waals surface area (Å²) in [6.07, 6.45) is 1.08. The van der Waals surface area contributed by atoms with E-state index in [-0.39, 0.29) is 11.4 Å². The fourth-order valence-electron chi connectivity index (χ4n) is 3.06. The molecule has 0 atom stereocenters. The van der Waals surface area contributed by atoms with Crippen LogP contribution in [-0.4, -0.2) is 31.7 Å². The van der Waals surface area contributed by atoms with Gasteiger partial charge in [-0.15, -0.1) is 0 Å². The highest BCUT2D eigenvalue weighted by atomic mass is 32.2. The topological polar surface area (TPSA) is 88.5 Å². The zero-order valence-electron chi connectivity index (χ0n) is 16.7. The van der Waals surface area contributed by atoms with E-state index in [0.29, 0.717) is 17.9 Å². The van der Waals surface area contributed by atoms with Gasteiger partial charge < -0.3 is 5.32 Å². The van der Waals surface area contributed by atoms with Crippen LogP contribution < -0.4 is 14.5 Å². The van der Waals surface area contributed by atoms with Gasteiger partial charge in [0.05, 0.1) is 22.2 Å². The second kappa shape index (κ2) is 8.00. The molecule has 0 spiro atoms. The molecule has 1 N–H and O–H groups in total. The average Bonchev–Trinajstić information content (AvgIpc) is 2.95. The van der Waals surface area contributed by atoms with Crippen LogP contribution >= 0.6 is 11.3 Å². The quantitative estimate of drug-likeness (QED) is 0.647. The summed E-state index contributed by atoms with van der Waals surface area (Å²) in [6.45, 7) is 5.96. The van der Waals surface area contributed by atoms with Gasteiger partial charge in [-0.25, -0.2) is 8.42 Å². The molecule has 9 heteroatoms. The molecule has 0 bridgehead atoms. The number of thiazole rings is 1. The molecule has 0 aliphatic carbocycles. The summed E-state index contributed by atoms with van der Waals surface area (Å²) in [7, 11) is -3.65. The van der Waals surface area contributed by atoms with Crippen molar-refractivity contribution in [3.05, 3.63) is 57.2 Å². The third-order valence-electron chi connectivity index (χ3n) is 4.73. The summed E-state index contributed by atoms with van der Waals surface area (Å²) in [5.74, 6) is -0.463. The molecular formula is C20H23N3O4S2. The highest BCUT2D eigenvalue weighted by Gasteiger charge is 2.21. The largest absolute Gasteiger partial charge is 0.324 e. The number of nitrogens with one attached hydrogen (secondary N) is 1. The summed E-state index contributed by atoms with van der Waals surface area (Å²) in [5, 5.41) is 2.73. The van der Waals surface area contributed by atoms with E-state index in [1.165, 1.54) is 0 Å². The SMILES string of the molecule is CCn1c(=O)sc2cc(NC(=O)CN(c3ccc(C)c(C)c3)S(C)(=O)=O)ccc21. The van der Waals surface area contributed by atoms with Crippen LogP contribution in [0.2, 0.25) is 0 Å². The van der Waals surface area contributed by atoms with E-state index in [9.17, 15) is 18.0 Å². The third-order valence-corrected chi connectivity index (χ3v) is 6.82. The van der Waals surface area contributed by atoms with E-state index in [2.05, 4.69) is 5.32 Å². The molecule has 2 aromatic carbocycles. The molecule has 7 nitrogen and oxygen atoms in total. The number of hydrogen-bond acceptors (Lipinski definition) is 5. The highest BCUT2D eigenvalue weighted by molar-refractivity contribution is 7.92. The normalized spacial score (nSPS) is 11.6. The Morgan fingerprint density at radius 3 is 2.48 bits per heavy atom. The summed E-state index contributed by atoms with van der Waals surface area (Å²) in [5.41, 5.74) is 3.75. The van der Waals surface area contributed by atoms with Gasteiger partial charge in [-0.05, 0) is 62.2 Å². The number of nitrogens with zero attached hydrogens (tertiary/aromatic N) is 2. The Labute approximate surface area is 173 Å². The second-order valence-electron chi connectivity index (χ2n) is 6.88. The van der Waals surface area contributed by atoms with Gasteiger partial charge in [0.25, 0.3) is 0 Å². The van der Waals surface area contributed by atoms with Gasteiger partial charge in [-0.3, -0.25) is 18.5 Å². The smallest absolute Gasteiger partial charge is 0.308 e. The Hall–Kier alpha value is -2.65. The minimum Gasteiger partial charge on any atom is -0.324 e. The summed E-state index contributed by atoms with van der Waals surface area (Å²) < 4.78 is 28.1. The van der Waals surface area contributed by atoms with Gasteiger partial charge in [0.2, 0.25) is 15.9 Å². The monoisotopic (exact) mass is 433 g/mol. The number of benzene rings is 2. The van der Waals surface area contributed by atoms with Crippen LogP contribution in [0.15, 0.2) is 41.2 Å².